The number of imide groups is 1. The van der Waals surface area contributed by atoms with Crippen molar-refractivity contribution in [1.29, 1.82) is 0 Å². The van der Waals surface area contributed by atoms with Crippen molar-refractivity contribution in [3.63, 3.8) is 0 Å². The van der Waals surface area contributed by atoms with Gasteiger partial charge in [-0.25, -0.2) is 9.69 Å². The number of carboxylic acid groups (broad SMARTS) is 1. The number of rotatable bonds is 3. The summed E-state index contributed by atoms with van der Waals surface area (Å²) < 4.78 is 6.32. The highest BCUT2D eigenvalue weighted by Gasteiger charge is 2.57. The van der Waals surface area contributed by atoms with Crippen molar-refractivity contribution < 1.29 is 19.1 Å². The van der Waals surface area contributed by atoms with Gasteiger partial charge in [0.15, 0.2) is 8.32 Å². The lowest BCUT2D eigenvalue weighted by Gasteiger charge is -2.48. The van der Waals surface area contributed by atoms with Crippen molar-refractivity contribution in [2.75, 3.05) is 6.61 Å². The molecule has 1 rings (SSSR count). The van der Waals surface area contributed by atoms with Gasteiger partial charge in [-0.15, -0.1) is 0 Å². The average molecular weight is 330 g/mol. The first kappa shape index (κ1) is 19.2. The lowest BCUT2D eigenvalue weighted by molar-refractivity contribution is -0.132. The molecule has 5 nitrogen and oxygen atoms in total. The Kier molecular flexibility index (Phi) is 4.91. The Morgan fingerprint density at radius 3 is 2.14 bits per heavy atom. The highest BCUT2D eigenvalue weighted by molar-refractivity contribution is 6.74. The van der Waals surface area contributed by atoms with Crippen LogP contribution in [-0.4, -0.2) is 42.5 Å². The van der Waals surface area contributed by atoms with Gasteiger partial charge in [0.05, 0.1) is 12.1 Å². The fourth-order valence-electron chi connectivity index (χ4n) is 2.65. The molecule has 128 valence electrons. The van der Waals surface area contributed by atoms with Crippen LogP contribution in [-0.2, 0) is 9.22 Å². The molecule has 0 aromatic carbocycles. The van der Waals surface area contributed by atoms with Gasteiger partial charge in [0.2, 0.25) is 5.91 Å². The van der Waals surface area contributed by atoms with Gasteiger partial charge in [-0.2, -0.15) is 0 Å². The molecule has 1 fully saturated rings. The standard InChI is InChI=1S/C16H31NO4Si/c1-14(2,3)16(10-9-12(18)17(16)13(19)20)11-21-22(7,8)15(4,5)6/h9-11H2,1-8H3,(H,19,20)/t16-/m1/s1. The molecule has 0 aliphatic carbocycles. The monoisotopic (exact) mass is 329 g/mol. The number of nitrogens with zero attached hydrogens (tertiary/aromatic N) is 1. The molecule has 1 aliphatic rings. The molecular formula is C16H31NO4Si. The minimum atomic E-state index is -2.02. The van der Waals surface area contributed by atoms with Gasteiger partial charge in [0.25, 0.3) is 0 Å². The quantitative estimate of drug-likeness (QED) is 0.792. The van der Waals surface area contributed by atoms with Crippen LogP contribution < -0.4 is 0 Å². The van der Waals surface area contributed by atoms with E-state index in [2.05, 4.69) is 33.9 Å². The van der Waals surface area contributed by atoms with E-state index in [1.165, 1.54) is 0 Å². The van der Waals surface area contributed by atoms with Crippen LogP contribution in [0.25, 0.3) is 0 Å². The Labute approximate surface area is 135 Å². The minimum Gasteiger partial charge on any atom is -0.465 e. The van der Waals surface area contributed by atoms with E-state index >= 15 is 0 Å². The summed E-state index contributed by atoms with van der Waals surface area (Å²) in [6.45, 7) is 17.0. The number of hydrogen-bond acceptors (Lipinski definition) is 3. The van der Waals surface area contributed by atoms with E-state index in [0.717, 1.165) is 4.90 Å². The third-order valence-electron chi connectivity index (χ3n) is 5.50. The van der Waals surface area contributed by atoms with Gasteiger partial charge in [-0.1, -0.05) is 41.5 Å². The second-order valence-electron chi connectivity index (χ2n) is 8.84. The molecule has 1 saturated heterocycles. The Morgan fingerprint density at radius 2 is 1.77 bits per heavy atom. The maximum atomic E-state index is 12.1. The number of carbonyl (C=O) groups is 2. The third kappa shape index (κ3) is 3.22. The normalized spacial score (nSPS) is 24.0. The smallest absolute Gasteiger partial charge is 0.414 e. The second kappa shape index (κ2) is 5.64. The van der Waals surface area contributed by atoms with Gasteiger partial charge in [0, 0.05) is 6.42 Å². The lowest BCUT2D eigenvalue weighted by Crippen LogP contribution is -2.61. The molecule has 0 spiro atoms. The average Bonchev–Trinajstić information content (AvgIpc) is 2.63. The summed E-state index contributed by atoms with van der Waals surface area (Å²) in [4.78, 5) is 24.8. The van der Waals surface area contributed by atoms with Gasteiger partial charge >= 0.3 is 6.09 Å². The zero-order valence-corrected chi connectivity index (χ0v) is 16.2. The summed E-state index contributed by atoms with van der Waals surface area (Å²) in [5.41, 5.74) is -1.16. The second-order valence-corrected chi connectivity index (χ2v) is 13.7. The van der Waals surface area contributed by atoms with E-state index in [1.54, 1.807) is 0 Å². The van der Waals surface area contributed by atoms with E-state index in [0.29, 0.717) is 6.42 Å². The van der Waals surface area contributed by atoms with Crippen LogP contribution >= 0.6 is 0 Å². The molecule has 1 N–H and O–H groups in total. The summed E-state index contributed by atoms with van der Waals surface area (Å²) in [7, 11) is -2.02. The Balaban J connectivity index is 3.17. The summed E-state index contributed by atoms with van der Waals surface area (Å²) in [6.07, 6.45) is -0.378. The summed E-state index contributed by atoms with van der Waals surface area (Å²) in [5, 5.41) is 9.58. The predicted octanol–water partition coefficient (Wildman–Crippen LogP) is 4.09. The molecule has 0 saturated carbocycles. The van der Waals surface area contributed by atoms with Crippen LogP contribution in [0.3, 0.4) is 0 Å². The SMILES string of the molecule is CC(C)(C)[C@]1(CO[Si](C)(C)C(C)(C)C)CCC(=O)N1C(=O)O. The molecule has 0 radical (unpaired) electrons. The molecule has 22 heavy (non-hydrogen) atoms. The number of hydrogen-bond donors (Lipinski definition) is 1. The summed E-state index contributed by atoms with van der Waals surface area (Å²) >= 11 is 0. The largest absolute Gasteiger partial charge is 0.465 e. The number of likely N-dealkylation sites (tertiary alicyclic amines) is 1. The zero-order chi connectivity index (χ0) is 17.6. The Morgan fingerprint density at radius 1 is 1.27 bits per heavy atom. The van der Waals surface area contributed by atoms with Crippen molar-refractivity contribution in [2.24, 2.45) is 5.41 Å². The first-order chi connectivity index (χ1) is 9.66. The molecule has 0 bridgehead atoms. The lowest BCUT2D eigenvalue weighted by atomic mass is 9.72. The van der Waals surface area contributed by atoms with E-state index in [9.17, 15) is 14.7 Å². The van der Waals surface area contributed by atoms with Crippen LogP contribution in [0.15, 0.2) is 0 Å². The van der Waals surface area contributed by atoms with Crippen molar-refractivity contribution in [3.05, 3.63) is 0 Å². The summed E-state index contributed by atoms with van der Waals surface area (Å²) in [5.74, 6) is -0.318. The van der Waals surface area contributed by atoms with Crippen molar-refractivity contribution in [1.82, 2.24) is 4.90 Å². The van der Waals surface area contributed by atoms with Crippen LogP contribution in [0.1, 0.15) is 54.4 Å². The van der Waals surface area contributed by atoms with Crippen LogP contribution in [0.4, 0.5) is 4.79 Å². The van der Waals surface area contributed by atoms with Crippen LogP contribution in [0, 0.1) is 5.41 Å². The molecule has 1 atom stereocenters. The Hall–Kier alpha value is -0.883. The molecular weight excluding hydrogens is 298 g/mol. The molecule has 0 aromatic rings. The van der Waals surface area contributed by atoms with E-state index < -0.39 is 19.9 Å². The maximum absolute atomic E-state index is 12.1. The predicted molar refractivity (Wildman–Crippen MR) is 89.4 cm³/mol. The molecule has 2 amide bonds. The molecule has 1 heterocycles. The molecule has 6 heteroatoms. The molecule has 1 aliphatic heterocycles. The zero-order valence-electron chi connectivity index (χ0n) is 15.2. The number of amides is 2. The van der Waals surface area contributed by atoms with Gasteiger partial charge < -0.3 is 9.53 Å². The topological polar surface area (TPSA) is 66.8 Å². The first-order valence-corrected chi connectivity index (χ1v) is 10.8. The Bertz CT molecular complexity index is 462. The van der Waals surface area contributed by atoms with Crippen molar-refractivity contribution in [3.8, 4) is 0 Å². The highest BCUT2D eigenvalue weighted by Crippen LogP contribution is 2.46. The van der Waals surface area contributed by atoms with Gasteiger partial charge in [0.1, 0.15) is 0 Å². The molecule has 0 unspecified atom stereocenters. The van der Waals surface area contributed by atoms with E-state index in [-0.39, 0.29) is 29.4 Å². The van der Waals surface area contributed by atoms with Crippen molar-refractivity contribution >= 4 is 20.3 Å². The summed E-state index contributed by atoms with van der Waals surface area (Å²) in [6, 6.07) is 0. The van der Waals surface area contributed by atoms with E-state index in [4.69, 9.17) is 4.43 Å². The minimum absolute atomic E-state index is 0.0444. The van der Waals surface area contributed by atoms with Crippen molar-refractivity contribution in [2.45, 2.75) is 78.1 Å². The van der Waals surface area contributed by atoms with E-state index in [1.807, 2.05) is 20.8 Å². The number of carbonyl (C=O) groups excluding carboxylic acids is 1. The highest BCUT2D eigenvalue weighted by atomic mass is 28.4. The fourth-order valence-corrected chi connectivity index (χ4v) is 3.68. The van der Waals surface area contributed by atoms with Crippen LogP contribution in [0.2, 0.25) is 18.1 Å². The van der Waals surface area contributed by atoms with Crippen LogP contribution in [0.5, 0.6) is 0 Å². The fraction of sp³-hybridized carbons (Fsp3) is 0.875. The maximum Gasteiger partial charge on any atom is 0.414 e. The van der Waals surface area contributed by atoms with Gasteiger partial charge in [-0.3, -0.25) is 4.79 Å². The first-order valence-electron chi connectivity index (χ1n) is 7.86. The van der Waals surface area contributed by atoms with Gasteiger partial charge in [-0.05, 0) is 30.0 Å². The molecule has 0 aromatic heterocycles. The third-order valence-corrected chi connectivity index (χ3v) is 9.97.